The molecule has 12 heavy (non-hydrogen) atoms. The van der Waals surface area contributed by atoms with Crippen molar-refractivity contribution in [2.24, 2.45) is 10.7 Å². The summed E-state index contributed by atoms with van der Waals surface area (Å²) >= 11 is 1.45. The number of allylic oxidation sites excluding steroid dienone is 1. The number of rotatable bonds is 1. The summed E-state index contributed by atoms with van der Waals surface area (Å²) in [5, 5.41) is 2.78. The Balaban J connectivity index is 2.12. The van der Waals surface area contributed by atoms with Gasteiger partial charge in [0.05, 0.1) is 0 Å². The molecule has 2 aliphatic rings. The molecule has 0 saturated carbocycles. The lowest BCUT2D eigenvalue weighted by Crippen LogP contribution is -2.34. The van der Waals surface area contributed by atoms with Gasteiger partial charge in [-0.3, -0.25) is 9.79 Å². The van der Waals surface area contributed by atoms with Gasteiger partial charge in [-0.1, -0.05) is 11.8 Å². The van der Waals surface area contributed by atoms with Crippen molar-refractivity contribution in [3.8, 4) is 0 Å². The Morgan fingerprint density at radius 1 is 1.83 bits per heavy atom. The first kappa shape index (κ1) is 7.67. The minimum atomic E-state index is -0.317. The molecule has 2 heterocycles. The van der Waals surface area contributed by atoms with Gasteiger partial charge in [-0.2, -0.15) is 0 Å². The van der Waals surface area contributed by atoms with Gasteiger partial charge in [-0.15, -0.1) is 0 Å². The number of nitrogens with zero attached hydrogens (tertiary/aromatic N) is 1. The van der Waals surface area contributed by atoms with Crippen LogP contribution in [0.3, 0.4) is 0 Å². The summed E-state index contributed by atoms with van der Waals surface area (Å²) < 4.78 is 0. The predicted octanol–water partition coefficient (Wildman–Crippen LogP) is -0.180. The maximum Gasteiger partial charge on any atom is 0.250 e. The second-order valence-corrected chi connectivity index (χ2v) is 3.82. The zero-order valence-electron chi connectivity index (χ0n) is 6.41. The smallest absolute Gasteiger partial charge is 0.250 e. The third kappa shape index (κ3) is 1.20. The normalized spacial score (nSPS) is 26.8. The fourth-order valence-electron chi connectivity index (χ4n) is 1.21. The average molecular weight is 183 g/mol. The van der Waals surface area contributed by atoms with E-state index in [1.54, 1.807) is 6.21 Å². The summed E-state index contributed by atoms with van der Waals surface area (Å²) in [5.41, 5.74) is 6.27. The van der Waals surface area contributed by atoms with E-state index in [0.29, 0.717) is 0 Å². The topological polar surface area (TPSA) is 67.5 Å². The Morgan fingerprint density at radius 2 is 2.67 bits per heavy atom. The van der Waals surface area contributed by atoms with Gasteiger partial charge < -0.3 is 11.1 Å². The van der Waals surface area contributed by atoms with Crippen LogP contribution in [0.5, 0.6) is 0 Å². The van der Waals surface area contributed by atoms with E-state index in [4.69, 9.17) is 5.73 Å². The summed E-state index contributed by atoms with van der Waals surface area (Å²) in [4.78, 5) is 16.0. The lowest BCUT2D eigenvalue weighted by Gasteiger charge is -2.07. The first-order valence-electron chi connectivity index (χ1n) is 3.73. The van der Waals surface area contributed by atoms with Gasteiger partial charge in [0.1, 0.15) is 0 Å². The first-order valence-corrected chi connectivity index (χ1v) is 4.61. The number of primary amides is 1. The molecule has 1 amide bonds. The van der Waals surface area contributed by atoms with Crippen LogP contribution in [-0.2, 0) is 4.79 Å². The molecule has 0 aromatic heterocycles. The van der Waals surface area contributed by atoms with E-state index >= 15 is 0 Å². The molecule has 2 rings (SSSR count). The van der Waals surface area contributed by atoms with Crippen LogP contribution in [0.2, 0.25) is 0 Å². The van der Waals surface area contributed by atoms with Gasteiger partial charge in [0.15, 0.2) is 5.37 Å². The highest BCUT2D eigenvalue weighted by Crippen LogP contribution is 2.31. The molecule has 0 aromatic rings. The van der Waals surface area contributed by atoms with Crippen molar-refractivity contribution in [2.75, 3.05) is 6.54 Å². The average Bonchev–Trinajstić information content (AvgIpc) is 2.46. The van der Waals surface area contributed by atoms with Crippen LogP contribution in [0.4, 0.5) is 0 Å². The Hall–Kier alpha value is -0.970. The van der Waals surface area contributed by atoms with Crippen molar-refractivity contribution in [2.45, 2.75) is 11.8 Å². The van der Waals surface area contributed by atoms with Gasteiger partial charge in [-0.25, -0.2) is 0 Å². The molecule has 2 aliphatic heterocycles. The van der Waals surface area contributed by atoms with Crippen LogP contribution in [-0.4, -0.2) is 24.0 Å². The van der Waals surface area contributed by atoms with Gasteiger partial charge >= 0.3 is 0 Å². The lowest BCUT2D eigenvalue weighted by molar-refractivity contribution is -0.117. The number of amides is 1. The Kier molecular flexibility index (Phi) is 1.80. The summed E-state index contributed by atoms with van der Waals surface area (Å²) in [6.07, 6.45) is 2.70. The molecule has 0 fully saturated rings. The van der Waals surface area contributed by atoms with Crippen molar-refractivity contribution < 1.29 is 4.79 Å². The highest BCUT2D eigenvalue weighted by atomic mass is 32.2. The Morgan fingerprint density at radius 3 is 3.33 bits per heavy atom. The van der Waals surface area contributed by atoms with Crippen LogP contribution in [0.25, 0.3) is 0 Å². The number of nitrogens with two attached hydrogens (primary N) is 1. The largest absolute Gasteiger partial charge is 0.368 e. The molecule has 64 valence electrons. The number of aliphatic imine (C=N–C) groups is 1. The van der Waals surface area contributed by atoms with Gasteiger partial charge in [0, 0.05) is 29.8 Å². The molecule has 1 atom stereocenters. The van der Waals surface area contributed by atoms with Crippen molar-refractivity contribution in [1.29, 1.82) is 0 Å². The number of carbonyl (C=O) groups excluding carboxylic acids is 1. The number of thioether (sulfide) groups is 1. The van der Waals surface area contributed by atoms with Crippen molar-refractivity contribution in [3.05, 3.63) is 10.6 Å². The van der Waals surface area contributed by atoms with Crippen molar-refractivity contribution in [3.63, 3.8) is 0 Å². The SMILES string of the molecule is NC(=O)C1NC2=C(C=NCC2)S1. The number of carbonyl (C=O) groups is 1. The second-order valence-electron chi connectivity index (χ2n) is 2.67. The van der Waals surface area contributed by atoms with E-state index in [-0.39, 0.29) is 11.3 Å². The van der Waals surface area contributed by atoms with Crippen LogP contribution >= 0.6 is 11.8 Å². The Labute approximate surface area is 74.3 Å². The van der Waals surface area contributed by atoms with E-state index in [0.717, 1.165) is 23.6 Å². The third-order valence-corrected chi connectivity index (χ3v) is 3.00. The fraction of sp³-hybridized carbons (Fsp3) is 0.429. The monoisotopic (exact) mass is 183 g/mol. The molecule has 0 saturated heterocycles. The molecule has 0 radical (unpaired) electrons. The van der Waals surface area contributed by atoms with Crippen LogP contribution in [0.15, 0.2) is 15.6 Å². The third-order valence-electron chi connectivity index (χ3n) is 1.81. The minimum Gasteiger partial charge on any atom is -0.368 e. The molecule has 0 aromatic carbocycles. The number of nitrogens with one attached hydrogen (secondary N) is 1. The number of hydrogen-bond donors (Lipinski definition) is 2. The number of dihydropyridines is 1. The van der Waals surface area contributed by atoms with Crippen LogP contribution in [0, 0.1) is 0 Å². The van der Waals surface area contributed by atoms with E-state index in [9.17, 15) is 4.79 Å². The summed E-state index contributed by atoms with van der Waals surface area (Å²) in [5.74, 6) is -0.317. The number of hydrogen-bond acceptors (Lipinski definition) is 4. The van der Waals surface area contributed by atoms with E-state index in [2.05, 4.69) is 10.3 Å². The molecule has 5 heteroatoms. The summed E-state index contributed by atoms with van der Waals surface area (Å²) in [6.45, 7) is 0.803. The van der Waals surface area contributed by atoms with E-state index in [1.165, 1.54) is 11.8 Å². The van der Waals surface area contributed by atoms with Crippen LogP contribution in [0.1, 0.15) is 6.42 Å². The fourth-order valence-corrected chi connectivity index (χ4v) is 2.22. The maximum atomic E-state index is 10.8. The quantitative estimate of drug-likeness (QED) is 0.592. The highest BCUT2D eigenvalue weighted by molar-refractivity contribution is 8.05. The standard InChI is InChI=1S/C7H9N3OS/c8-6(11)7-10-4-1-2-9-3-5(4)12-7/h3,7,10H,1-2H2,(H2,8,11). The van der Waals surface area contributed by atoms with Gasteiger partial charge in [0.2, 0.25) is 0 Å². The predicted molar refractivity (Wildman–Crippen MR) is 48.7 cm³/mol. The van der Waals surface area contributed by atoms with Crippen molar-refractivity contribution in [1.82, 2.24) is 5.32 Å². The Bertz CT molecular complexity index is 284. The van der Waals surface area contributed by atoms with Gasteiger partial charge in [-0.05, 0) is 0 Å². The molecule has 1 unspecified atom stereocenters. The molecule has 0 bridgehead atoms. The highest BCUT2D eigenvalue weighted by Gasteiger charge is 2.27. The minimum absolute atomic E-state index is 0.292. The summed E-state index contributed by atoms with van der Waals surface area (Å²) in [6, 6.07) is 0. The molecule has 0 spiro atoms. The van der Waals surface area contributed by atoms with Crippen LogP contribution < -0.4 is 11.1 Å². The van der Waals surface area contributed by atoms with E-state index < -0.39 is 0 Å². The van der Waals surface area contributed by atoms with Gasteiger partial charge in [0.25, 0.3) is 5.91 Å². The molecular formula is C7H9N3OS. The zero-order chi connectivity index (χ0) is 8.55. The maximum absolute atomic E-state index is 10.8. The van der Waals surface area contributed by atoms with Crippen molar-refractivity contribution >= 4 is 23.9 Å². The molecule has 0 aliphatic carbocycles. The second kappa shape index (κ2) is 2.82. The lowest BCUT2D eigenvalue weighted by atomic mass is 10.2. The van der Waals surface area contributed by atoms with E-state index in [1.807, 2.05) is 0 Å². The molecular weight excluding hydrogens is 174 g/mol. The zero-order valence-corrected chi connectivity index (χ0v) is 7.23. The summed E-state index contributed by atoms with van der Waals surface area (Å²) in [7, 11) is 0. The first-order chi connectivity index (χ1) is 5.77. The molecule has 4 nitrogen and oxygen atoms in total. The molecule has 3 N–H and O–H groups in total.